The predicted octanol–water partition coefficient (Wildman–Crippen LogP) is 3.67. The van der Waals surface area contributed by atoms with Gasteiger partial charge in [0.25, 0.3) is 0 Å². The van der Waals surface area contributed by atoms with Crippen LogP contribution in [0.4, 0.5) is 4.79 Å². The maximum absolute atomic E-state index is 12.5. The molecule has 0 spiro atoms. The number of urea groups is 1. The summed E-state index contributed by atoms with van der Waals surface area (Å²) in [6.45, 7) is 5.81. The number of carbonyl (C=O) groups is 1. The molecule has 2 aromatic rings. The Labute approximate surface area is 143 Å². The highest BCUT2D eigenvalue weighted by Gasteiger charge is 2.29. The summed E-state index contributed by atoms with van der Waals surface area (Å²) in [5.74, 6) is 0. The van der Waals surface area contributed by atoms with E-state index < -0.39 is 0 Å². The fraction of sp³-hybridized carbons (Fsp3) is 0.350. The molecule has 1 N–H and O–H groups in total. The summed E-state index contributed by atoms with van der Waals surface area (Å²) < 4.78 is 6.03. The molecule has 0 aromatic heterocycles. The molecule has 2 unspecified atom stereocenters. The van der Waals surface area contributed by atoms with Crippen LogP contribution >= 0.6 is 0 Å². The molecule has 4 nitrogen and oxygen atoms in total. The zero-order valence-corrected chi connectivity index (χ0v) is 14.2. The molecule has 1 heterocycles. The molecule has 0 radical (unpaired) electrons. The number of rotatable bonds is 3. The van der Waals surface area contributed by atoms with Gasteiger partial charge in [-0.2, -0.15) is 0 Å². The Morgan fingerprint density at radius 3 is 2.54 bits per heavy atom. The van der Waals surface area contributed by atoms with Crippen molar-refractivity contribution < 1.29 is 9.53 Å². The summed E-state index contributed by atoms with van der Waals surface area (Å²) in [7, 11) is 0. The SMILES string of the molecule is Cc1ccc(C2CN(C(=O)NCc3ccccc3)CC(C)O2)cc1. The molecule has 1 aliphatic rings. The quantitative estimate of drug-likeness (QED) is 0.936. The van der Waals surface area contributed by atoms with Crippen molar-refractivity contribution in [2.75, 3.05) is 13.1 Å². The minimum atomic E-state index is -0.0724. The second-order valence-corrected chi connectivity index (χ2v) is 6.40. The predicted molar refractivity (Wildman–Crippen MR) is 94.7 cm³/mol. The smallest absolute Gasteiger partial charge is 0.317 e. The van der Waals surface area contributed by atoms with Gasteiger partial charge < -0.3 is 15.0 Å². The van der Waals surface area contributed by atoms with Gasteiger partial charge in [-0.25, -0.2) is 4.79 Å². The molecule has 2 aromatic carbocycles. The van der Waals surface area contributed by atoms with Gasteiger partial charge >= 0.3 is 6.03 Å². The number of ether oxygens (including phenoxy) is 1. The highest BCUT2D eigenvalue weighted by Crippen LogP contribution is 2.25. The number of nitrogens with one attached hydrogen (secondary N) is 1. The maximum atomic E-state index is 12.5. The third-order valence-corrected chi connectivity index (χ3v) is 4.28. The Morgan fingerprint density at radius 2 is 1.83 bits per heavy atom. The van der Waals surface area contributed by atoms with Gasteiger partial charge in [-0.3, -0.25) is 0 Å². The Hall–Kier alpha value is -2.33. The van der Waals surface area contributed by atoms with E-state index in [0.717, 1.165) is 11.1 Å². The monoisotopic (exact) mass is 324 g/mol. The van der Waals surface area contributed by atoms with Crippen LogP contribution in [0, 0.1) is 6.92 Å². The first-order chi connectivity index (χ1) is 11.6. The first-order valence-electron chi connectivity index (χ1n) is 8.40. The van der Waals surface area contributed by atoms with Gasteiger partial charge in [-0.1, -0.05) is 60.2 Å². The molecule has 4 heteroatoms. The van der Waals surface area contributed by atoms with Crippen LogP contribution in [0.3, 0.4) is 0 Å². The summed E-state index contributed by atoms with van der Waals surface area (Å²) in [6.07, 6.45) is -0.0515. The van der Waals surface area contributed by atoms with Crippen molar-refractivity contribution in [2.45, 2.75) is 32.6 Å². The highest BCUT2D eigenvalue weighted by molar-refractivity contribution is 5.74. The first kappa shape index (κ1) is 16.5. The van der Waals surface area contributed by atoms with Crippen LogP contribution in [-0.2, 0) is 11.3 Å². The molecule has 1 aliphatic heterocycles. The van der Waals surface area contributed by atoms with Gasteiger partial charge in [-0.15, -0.1) is 0 Å². The zero-order valence-electron chi connectivity index (χ0n) is 14.2. The summed E-state index contributed by atoms with van der Waals surface area (Å²) in [4.78, 5) is 14.4. The molecular weight excluding hydrogens is 300 g/mol. The first-order valence-corrected chi connectivity index (χ1v) is 8.40. The number of hydrogen-bond acceptors (Lipinski definition) is 2. The van der Waals surface area contributed by atoms with E-state index in [1.807, 2.05) is 42.2 Å². The summed E-state index contributed by atoms with van der Waals surface area (Å²) in [5, 5.41) is 3.00. The van der Waals surface area contributed by atoms with Gasteiger partial charge in [0.1, 0.15) is 6.10 Å². The number of carbonyl (C=O) groups excluding carboxylic acids is 1. The number of benzene rings is 2. The molecule has 2 amide bonds. The van der Waals surface area contributed by atoms with Gasteiger partial charge in [0, 0.05) is 13.1 Å². The van der Waals surface area contributed by atoms with Crippen LogP contribution < -0.4 is 5.32 Å². The van der Waals surface area contributed by atoms with Crippen LogP contribution in [0.2, 0.25) is 0 Å². The molecule has 3 rings (SSSR count). The average molecular weight is 324 g/mol. The van der Waals surface area contributed by atoms with Gasteiger partial charge in [0.15, 0.2) is 0 Å². The van der Waals surface area contributed by atoms with E-state index >= 15 is 0 Å². The second-order valence-electron chi connectivity index (χ2n) is 6.40. The molecule has 1 fully saturated rings. The molecule has 0 saturated carbocycles. The van der Waals surface area contributed by atoms with Crippen LogP contribution in [0.25, 0.3) is 0 Å². The van der Waals surface area contributed by atoms with Crippen LogP contribution in [0.5, 0.6) is 0 Å². The van der Waals surface area contributed by atoms with Crippen molar-refractivity contribution >= 4 is 6.03 Å². The Bertz CT molecular complexity index is 670. The van der Waals surface area contributed by atoms with Gasteiger partial charge in [0.05, 0.1) is 12.6 Å². The van der Waals surface area contributed by atoms with Gasteiger partial charge in [0.2, 0.25) is 0 Å². The Morgan fingerprint density at radius 1 is 1.12 bits per heavy atom. The van der Waals surface area contributed by atoms with Crippen LogP contribution in [0.15, 0.2) is 54.6 Å². The average Bonchev–Trinajstić information content (AvgIpc) is 2.60. The topological polar surface area (TPSA) is 41.6 Å². The molecular formula is C20H24N2O2. The number of nitrogens with zero attached hydrogens (tertiary/aromatic N) is 1. The van der Waals surface area contributed by atoms with Crippen molar-refractivity contribution in [3.8, 4) is 0 Å². The number of aryl methyl sites for hydroxylation is 1. The van der Waals surface area contributed by atoms with Crippen LogP contribution in [0.1, 0.15) is 29.7 Å². The zero-order chi connectivity index (χ0) is 16.9. The fourth-order valence-electron chi connectivity index (χ4n) is 2.97. The van der Waals surface area contributed by atoms with Crippen LogP contribution in [-0.4, -0.2) is 30.1 Å². The molecule has 24 heavy (non-hydrogen) atoms. The molecule has 1 saturated heterocycles. The normalized spacial score (nSPS) is 20.7. The lowest BCUT2D eigenvalue weighted by molar-refractivity contribution is -0.0657. The van der Waals surface area contributed by atoms with Crippen molar-refractivity contribution in [1.29, 1.82) is 0 Å². The van der Waals surface area contributed by atoms with Crippen molar-refractivity contribution in [2.24, 2.45) is 0 Å². The minimum absolute atomic E-state index is 0.0209. The third kappa shape index (κ3) is 4.15. The molecule has 126 valence electrons. The van der Waals surface area contributed by atoms with Crippen molar-refractivity contribution in [3.05, 3.63) is 71.3 Å². The van der Waals surface area contributed by atoms with E-state index in [1.165, 1.54) is 5.56 Å². The standard InChI is InChI=1S/C20H24N2O2/c1-15-8-10-18(11-9-15)19-14-22(13-16(2)24-19)20(23)21-12-17-6-4-3-5-7-17/h3-11,16,19H,12-14H2,1-2H3,(H,21,23). The van der Waals surface area contributed by atoms with Crippen molar-refractivity contribution in [1.82, 2.24) is 10.2 Å². The van der Waals surface area contributed by atoms with Crippen molar-refractivity contribution in [3.63, 3.8) is 0 Å². The number of hydrogen-bond donors (Lipinski definition) is 1. The van der Waals surface area contributed by atoms with E-state index in [-0.39, 0.29) is 18.2 Å². The number of morpholine rings is 1. The summed E-state index contributed by atoms with van der Waals surface area (Å²) >= 11 is 0. The number of amides is 2. The minimum Gasteiger partial charge on any atom is -0.367 e. The Kier molecular flexibility index (Phi) is 5.16. The van der Waals surface area contributed by atoms with E-state index in [0.29, 0.717) is 19.6 Å². The fourth-order valence-corrected chi connectivity index (χ4v) is 2.97. The van der Waals surface area contributed by atoms with E-state index in [9.17, 15) is 4.79 Å². The highest BCUT2D eigenvalue weighted by atomic mass is 16.5. The summed E-state index contributed by atoms with van der Waals surface area (Å²) in [5.41, 5.74) is 3.44. The van der Waals surface area contributed by atoms with E-state index in [4.69, 9.17) is 4.74 Å². The second kappa shape index (κ2) is 7.49. The maximum Gasteiger partial charge on any atom is 0.317 e. The lowest BCUT2D eigenvalue weighted by Gasteiger charge is -2.37. The largest absolute Gasteiger partial charge is 0.367 e. The van der Waals surface area contributed by atoms with Gasteiger partial charge in [-0.05, 0) is 25.0 Å². The Balaban J connectivity index is 1.62. The molecule has 0 bridgehead atoms. The molecule has 2 atom stereocenters. The summed E-state index contributed by atoms with van der Waals surface area (Å²) in [6, 6.07) is 18.2. The lowest BCUT2D eigenvalue weighted by atomic mass is 10.1. The lowest BCUT2D eigenvalue weighted by Crippen LogP contribution is -2.49. The van der Waals surface area contributed by atoms with E-state index in [1.54, 1.807) is 0 Å². The third-order valence-electron chi connectivity index (χ3n) is 4.28. The van der Waals surface area contributed by atoms with E-state index in [2.05, 4.69) is 36.5 Å². The molecule has 0 aliphatic carbocycles.